The molecule has 0 spiro atoms. The lowest BCUT2D eigenvalue weighted by Crippen LogP contribution is -2.30. The van der Waals surface area contributed by atoms with E-state index in [4.69, 9.17) is 4.74 Å². The Morgan fingerprint density at radius 3 is 2.76 bits per heavy atom. The first-order valence-corrected chi connectivity index (χ1v) is 10.2. The van der Waals surface area contributed by atoms with E-state index in [2.05, 4.69) is 31.1 Å². The molecule has 1 amide bonds. The minimum Gasteiger partial charge on any atom is -0.481 e. The fourth-order valence-corrected chi connectivity index (χ4v) is 3.73. The van der Waals surface area contributed by atoms with Crippen molar-refractivity contribution < 1.29 is 9.53 Å². The number of aromatic nitrogens is 1. The van der Waals surface area contributed by atoms with Crippen LogP contribution in [0.1, 0.15) is 31.9 Å². The highest BCUT2D eigenvalue weighted by Gasteiger charge is 2.17. The molecule has 1 fully saturated rings. The normalized spacial score (nSPS) is 16.4. The van der Waals surface area contributed by atoms with Gasteiger partial charge in [0.1, 0.15) is 5.75 Å². The Kier molecular flexibility index (Phi) is 6.45. The molecule has 0 bridgehead atoms. The van der Waals surface area contributed by atoms with Crippen molar-refractivity contribution in [2.75, 3.05) is 18.4 Å². The second-order valence-corrected chi connectivity index (χ2v) is 7.96. The van der Waals surface area contributed by atoms with Gasteiger partial charge in [-0.3, -0.25) is 15.0 Å². The average molecular weight is 424 g/mol. The summed E-state index contributed by atoms with van der Waals surface area (Å²) in [4.78, 5) is 19.2. The Labute approximate surface area is 160 Å². The van der Waals surface area contributed by atoms with E-state index in [0.717, 1.165) is 29.8 Å². The largest absolute Gasteiger partial charge is 0.481 e. The summed E-state index contributed by atoms with van der Waals surface area (Å²) in [6.07, 6.45) is 3.26. The molecule has 1 N–H and O–H groups in total. The molecule has 134 valence electrons. The summed E-state index contributed by atoms with van der Waals surface area (Å²) in [5, 5.41) is 5.49. The number of halogens is 1. The molecule has 2 heterocycles. The number of nitrogens with zero attached hydrogens (tertiary/aromatic N) is 2. The number of likely N-dealkylation sites (tertiary alicyclic amines) is 1. The lowest BCUT2D eigenvalue weighted by Gasteiger charge is -2.25. The van der Waals surface area contributed by atoms with E-state index in [9.17, 15) is 4.79 Å². The van der Waals surface area contributed by atoms with E-state index < -0.39 is 6.10 Å². The first-order valence-electron chi connectivity index (χ1n) is 8.50. The molecule has 3 rings (SSSR count). The highest BCUT2D eigenvalue weighted by molar-refractivity contribution is 9.10. The maximum Gasteiger partial charge on any atom is 0.266 e. The molecule has 5 nitrogen and oxygen atoms in total. The second kappa shape index (κ2) is 8.78. The standard InChI is InChI=1S/C18H22BrN3O2S/c1-13(24-16-7-5-14(19)6-8-16)17(23)21-18-20-15(12-25-18)11-22-9-3-2-4-10-22/h5-8,12-13H,2-4,9-11H2,1H3,(H,20,21,23). The fraction of sp³-hybridized carbons (Fsp3) is 0.444. The van der Waals surface area contributed by atoms with Gasteiger partial charge in [-0.25, -0.2) is 4.98 Å². The summed E-state index contributed by atoms with van der Waals surface area (Å²) in [6.45, 7) is 4.87. The maximum absolute atomic E-state index is 12.3. The topological polar surface area (TPSA) is 54.5 Å². The highest BCUT2D eigenvalue weighted by atomic mass is 79.9. The fourth-order valence-electron chi connectivity index (χ4n) is 2.76. The van der Waals surface area contributed by atoms with Crippen molar-refractivity contribution in [3.63, 3.8) is 0 Å². The third kappa shape index (κ3) is 5.52. The van der Waals surface area contributed by atoms with Gasteiger partial charge in [0.25, 0.3) is 5.91 Å². The predicted octanol–water partition coefficient (Wildman–Crippen LogP) is 4.30. The van der Waals surface area contributed by atoms with Crippen LogP contribution >= 0.6 is 27.3 Å². The van der Waals surface area contributed by atoms with E-state index in [1.165, 1.54) is 30.6 Å². The number of benzene rings is 1. The van der Waals surface area contributed by atoms with Crippen LogP contribution < -0.4 is 10.1 Å². The number of amides is 1. The Balaban J connectivity index is 1.51. The van der Waals surface area contributed by atoms with Crippen LogP contribution in [0.3, 0.4) is 0 Å². The first kappa shape index (κ1) is 18.4. The van der Waals surface area contributed by atoms with Gasteiger partial charge < -0.3 is 4.74 Å². The van der Waals surface area contributed by atoms with Gasteiger partial charge in [-0.15, -0.1) is 11.3 Å². The molecule has 1 aromatic carbocycles. The summed E-state index contributed by atoms with van der Waals surface area (Å²) in [5.41, 5.74) is 1.02. The van der Waals surface area contributed by atoms with Crippen molar-refractivity contribution in [2.45, 2.75) is 38.8 Å². The number of ether oxygens (including phenoxy) is 1. The van der Waals surface area contributed by atoms with Gasteiger partial charge in [0, 0.05) is 16.4 Å². The molecule has 0 aliphatic carbocycles. The van der Waals surface area contributed by atoms with Crippen LogP contribution in [0.25, 0.3) is 0 Å². The predicted molar refractivity (Wildman–Crippen MR) is 104 cm³/mol. The molecule has 7 heteroatoms. The van der Waals surface area contributed by atoms with Crippen LogP contribution in [0, 0.1) is 0 Å². The van der Waals surface area contributed by atoms with E-state index in [-0.39, 0.29) is 5.91 Å². The maximum atomic E-state index is 12.3. The Bertz CT molecular complexity index is 699. The third-order valence-corrected chi connectivity index (χ3v) is 5.45. The van der Waals surface area contributed by atoms with Crippen molar-refractivity contribution in [2.24, 2.45) is 0 Å². The number of carbonyl (C=O) groups excluding carboxylic acids is 1. The lowest BCUT2D eigenvalue weighted by atomic mass is 10.1. The van der Waals surface area contributed by atoms with Gasteiger partial charge in [0.15, 0.2) is 11.2 Å². The molecule has 1 aliphatic rings. The Morgan fingerprint density at radius 1 is 1.32 bits per heavy atom. The molecule has 1 aliphatic heterocycles. The van der Waals surface area contributed by atoms with E-state index in [1.54, 1.807) is 6.92 Å². The molecule has 1 unspecified atom stereocenters. The molecule has 0 saturated carbocycles. The zero-order chi connectivity index (χ0) is 17.6. The van der Waals surface area contributed by atoms with Gasteiger partial charge in [0.2, 0.25) is 0 Å². The van der Waals surface area contributed by atoms with Crippen LogP contribution in [0.4, 0.5) is 5.13 Å². The molecule has 1 atom stereocenters. The number of rotatable bonds is 6. The van der Waals surface area contributed by atoms with E-state index in [0.29, 0.717) is 10.9 Å². The first-order chi connectivity index (χ1) is 12.1. The quantitative estimate of drug-likeness (QED) is 0.752. The summed E-state index contributed by atoms with van der Waals surface area (Å²) in [5.74, 6) is 0.470. The van der Waals surface area contributed by atoms with Gasteiger partial charge in [0.05, 0.1) is 5.69 Å². The van der Waals surface area contributed by atoms with Crippen molar-refractivity contribution in [3.05, 3.63) is 39.8 Å². The lowest BCUT2D eigenvalue weighted by molar-refractivity contribution is -0.122. The Hall–Kier alpha value is -1.44. The van der Waals surface area contributed by atoms with Gasteiger partial charge in [-0.05, 0) is 57.1 Å². The van der Waals surface area contributed by atoms with E-state index in [1.807, 2.05) is 29.6 Å². The molecular formula is C18H22BrN3O2S. The van der Waals surface area contributed by atoms with Crippen molar-refractivity contribution >= 4 is 38.3 Å². The van der Waals surface area contributed by atoms with Gasteiger partial charge >= 0.3 is 0 Å². The molecule has 0 radical (unpaired) electrons. The summed E-state index contributed by atoms with van der Waals surface area (Å²) >= 11 is 4.84. The third-order valence-electron chi connectivity index (χ3n) is 4.11. The van der Waals surface area contributed by atoms with Gasteiger partial charge in [-0.2, -0.15) is 0 Å². The van der Waals surface area contributed by atoms with Crippen molar-refractivity contribution in [1.82, 2.24) is 9.88 Å². The number of hydrogen-bond donors (Lipinski definition) is 1. The monoisotopic (exact) mass is 423 g/mol. The van der Waals surface area contributed by atoms with Crippen LogP contribution in [-0.2, 0) is 11.3 Å². The average Bonchev–Trinajstić information content (AvgIpc) is 3.04. The second-order valence-electron chi connectivity index (χ2n) is 6.18. The number of piperidine rings is 1. The van der Waals surface area contributed by atoms with Crippen molar-refractivity contribution in [3.8, 4) is 5.75 Å². The molecule has 1 saturated heterocycles. The molecule has 1 aromatic heterocycles. The number of carbonyl (C=O) groups is 1. The minimum absolute atomic E-state index is 0.193. The number of nitrogens with one attached hydrogen (secondary N) is 1. The van der Waals surface area contributed by atoms with Crippen LogP contribution in [0.5, 0.6) is 5.75 Å². The zero-order valence-electron chi connectivity index (χ0n) is 14.2. The molecule has 25 heavy (non-hydrogen) atoms. The SMILES string of the molecule is CC(Oc1ccc(Br)cc1)C(=O)Nc1nc(CN2CCCCC2)cs1. The zero-order valence-corrected chi connectivity index (χ0v) is 16.6. The number of hydrogen-bond acceptors (Lipinski definition) is 5. The number of thiazole rings is 1. The highest BCUT2D eigenvalue weighted by Crippen LogP contribution is 2.20. The van der Waals surface area contributed by atoms with E-state index >= 15 is 0 Å². The molecular weight excluding hydrogens is 402 g/mol. The smallest absolute Gasteiger partial charge is 0.266 e. The summed E-state index contributed by atoms with van der Waals surface area (Å²) < 4.78 is 6.64. The summed E-state index contributed by atoms with van der Waals surface area (Å²) in [6, 6.07) is 7.42. The van der Waals surface area contributed by atoms with Crippen molar-refractivity contribution in [1.29, 1.82) is 0 Å². The summed E-state index contributed by atoms with van der Waals surface area (Å²) in [7, 11) is 0. The van der Waals surface area contributed by atoms with Crippen LogP contribution in [0.15, 0.2) is 34.1 Å². The van der Waals surface area contributed by atoms with Crippen LogP contribution in [0.2, 0.25) is 0 Å². The molecule has 2 aromatic rings. The Morgan fingerprint density at radius 2 is 2.04 bits per heavy atom. The van der Waals surface area contributed by atoms with Crippen LogP contribution in [-0.4, -0.2) is 35.0 Å². The van der Waals surface area contributed by atoms with Gasteiger partial charge in [-0.1, -0.05) is 22.4 Å². The number of anilines is 1. The minimum atomic E-state index is -0.587.